The number of fused-ring (bicyclic) bond motifs is 1. The molecule has 23 heavy (non-hydrogen) atoms. The first-order valence-corrected chi connectivity index (χ1v) is 8.00. The number of hydrogen-bond donors (Lipinski definition) is 1. The molecule has 0 spiro atoms. The summed E-state index contributed by atoms with van der Waals surface area (Å²) in [5.41, 5.74) is 2.63. The molecule has 3 aromatic rings. The Kier molecular flexibility index (Phi) is 3.70. The Morgan fingerprint density at radius 3 is 3.13 bits per heavy atom. The van der Waals surface area contributed by atoms with Crippen LogP contribution in [0.5, 0.6) is 6.01 Å². The van der Waals surface area contributed by atoms with Crippen LogP contribution >= 0.6 is 0 Å². The van der Waals surface area contributed by atoms with Crippen LogP contribution in [0.15, 0.2) is 30.9 Å². The van der Waals surface area contributed by atoms with Crippen molar-refractivity contribution < 1.29 is 4.74 Å². The highest BCUT2D eigenvalue weighted by atomic mass is 16.5. The zero-order valence-electron chi connectivity index (χ0n) is 13.1. The molecule has 1 atom stereocenters. The number of ether oxygens (including phenoxy) is 1. The fourth-order valence-corrected chi connectivity index (χ4v) is 2.93. The molecule has 1 saturated heterocycles. The van der Waals surface area contributed by atoms with Gasteiger partial charge in [-0.2, -0.15) is 10.1 Å². The maximum atomic E-state index is 6.22. The average molecular weight is 312 g/mol. The van der Waals surface area contributed by atoms with Gasteiger partial charge in [0.25, 0.3) is 0 Å². The van der Waals surface area contributed by atoms with Crippen molar-refractivity contribution in [1.29, 1.82) is 0 Å². The van der Waals surface area contributed by atoms with Crippen LogP contribution in [-0.2, 0) is 7.05 Å². The molecule has 1 aliphatic heterocycles. The topological polar surface area (TPSA) is 69.3 Å². The van der Waals surface area contributed by atoms with Gasteiger partial charge >= 0.3 is 6.01 Å². The van der Waals surface area contributed by atoms with E-state index in [1.807, 2.05) is 29.9 Å². The zero-order valence-corrected chi connectivity index (χ0v) is 13.1. The fraction of sp³-hybridized carbons (Fsp3) is 0.438. The molecular weight excluding hydrogens is 292 g/mol. The second-order valence-electron chi connectivity index (χ2n) is 5.90. The van der Waals surface area contributed by atoms with E-state index in [1.165, 1.54) is 0 Å². The quantitative estimate of drug-likeness (QED) is 0.796. The summed E-state index contributed by atoms with van der Waals surface area (Å²) in [6, 6.07) is 2.56. The van der Waals surface area contributed by atoms with E-state index in [9.17, 15) is 0 Å². The fourth-order valence-electron chi connectivity index (χ4n) is 2.93. The largest absolute Gasteiger partial charge is 0.461 e. The summed E-state index contributed by atoms with van der Waals surface area (Å²) in [5, 5.41) is 7.62. The molecule has 0 aliphatic carbocycles. The molecule has 7 heteroatoms. The second kappa shape index (κ2) is 6.00. The van der Waals surface area contributed by atoms with Gasteiger partial charge in [0.15, 0.2) is 0 Å². The molecule has 1 aliphatic rings. The second-order valence-corrected chi connectivity index (χ2v) is 5.90. The van der Waals surface area contributed by atoms with Gasteiger partial charge in [0.2, 0.25) is 0 Å². The van der Waals surface area contributed by atoms with Crippen molar-refractivity contribution in [3.05, 3.63) is 30.9 Å². The van der Waals surface area contributed by atoms with Crippen LogP contribution in [-0.4, -0.2) is 43.3 Å². The van der Waals surface area contributed by atoms with Crippen LogP contribution in [0, 0.1) is 0 Å². The Balaban J connectivity index is 1.70. The van der Waals surface area contributed by atoms with Crippen molar-refractivity contribution in [1.82, 2.24) is 29.5 Å². The molecule has 0 saturated carbocycles. The molecule has 4 rings (SSSR count). The van der Waals surface area contributed by atoms with Crippen molar-refractivity contribution >= 4 is 5.65 Å². The summed E-state index contributed by atoms with van der Waals surface area (Å²) in [7, 11) is 1.90. The minimum absolute atomic E-state index is 0.187. The number of aromatic nitrogens is 5. The summed E-state index contributed by atoms with van der Waals surface area (Å²) in [6.07, 6.45) is 10.8. The molecule has 1 fully saturated rings. The lowest BCUT2D eigenvalue weighted by atomic mass is 10.2. The van der Waals surface area contributed by atoms with Crippen molar-refractivity contribution in [2.75, 3.05) is 13.1 Å². The number of hydrogen-bond acceptors (Lipinski definition) is 5. The van der Waals surface area contributed by atoms with Crippen molar-refractivity contribution in [2.24, 2.45) is 7.05 Å². The van der Waals surface area contributed by atoms with Gasteiger partial charge in [0.05, 0.1) is 11.9 Å². The lowest BCUT2D eigenvalue weighted by molar-refractivity contribution is 0.169. The third-order valence-corrected chi connectivity index (χ3v) is 4.15. The van der Waals surface area contributed by atoms with Gasteiger partial charge in [0, 0.05) is 37.3 Å². The third-order valence-electron chi connectivity index (χ3n) is 4.15. The molecule has 0 bridgehead atoms. The molecule has 120 valence electrons. The summed E-state index contributed by atoms with van der Waals surface area (Å²) in [6.45, 7) is 2.05. The summed E-state index contributed by atoms with van der Waals surface area (Å²) < 4.78 is 9.89. The SMILES string of the molecule is Cn1cc(-c2cc3nccn3c(OC3CCCNCC3)n2)cn1. The molecule has 1 unspecified atom stereocenters. The van der Waals surface area contributed by atoms with Gasteiger partial charge in [-0.05, 0) is 32.4 Å². The lowest BCUT2D eigenvalue weighted by Gasteiger charge is -2.17. The van der Waals surface area contributed by atoms with Gasteiger partial charge in [-0.3, -0.25) is 9.08 Å². The minimum Gasteiger partial charge on any atom is -0.461 e. The number of rotatable bonds is 3. The summed E-state index contributed by atoms with van der Waals surface area (Å²) in [5.74, 6) is 0. The van der Waals surface area contributed by atoms with Crippen molar-refractivity contribution in [3.8, 4) is 17.3 Å². The molecule has 0 radical (unpaired) electrons. The average Bonchev–Trinajstić information content (AvgIpc) is 3.11. The van der Waals surface area contributed by atoms with Crippen LogP contribution in [0.4, 0.5) is 0 Å². The predicted octanol–water partition coefficient (Wildman–Crippen LogP) is 1.65. The lowest BCUT2D eigenvalue weighted by Crippen LogP contribution is -2.21. The summed E-state index contributed by atoms with van der Waals surface area (Å²) in [4.78, 5) is 9.10. The summed E-state index contributed by atoms with van der Waals surface area (Å²) >= 11 is 0. The Morgan fingerprint density at radius 1 is 1.30 bits per heavy atom. The molecule has 3 aromatic heterocycles. The van der Waals surface area contributed by atoms with Gasteiger partial charge in [-0.15, -0.1) is 0 Å². The first-order chi connectivity index (χ1) is 11.3. The standard InChI is InChI=1S/C16H20N6O/c1-21-11-12(10-19-21)14-9-15-18-7-8-22(15)16(20-14)23-13-3-2-5-17-6-4-13/h7-11,13,17H,2-6H2,1H3. The minimum atomic E-state index is 0.187. The van der Waals surface area contributed by atoms with E-state index < -0.39 is 0 Å². The molecule has 1 N–H and O–H groups in total. The van der Waals surface area contributed by atoms with Crippen LogP contribution in [0.25, 0.3) is 16.9 Å². The maximum absolute atomic E-state index is 6.22. The monoisotopic (exact) mass is 312 g/mol. The van der Waals surface area contributed by atoms with Crippen molar-refractivity contribution in [2.45, 2.75) is 25.4 Å². The van der Waals surface area contributed by atoms with Gasteiger partial charge < -0.3 is 10.1 Å². The van der Waals surface area contributed by atoms with E-state index >= 15 is 0 Å². The molecule has 0 amide bonds. The van der Waals surface area contributed by atoms with Crippen LogP contribution in [0.1, 0.15) is 19.3 Å². The van der Waals surface area contributed by atoms with E-state index in [4.69, 9.17) is 9.72 Å². The zero-order chi connectivity index (χ0) is 15.6. The maximum Gasteiger partial charge on any atom is 0.303 e. The van der Waals surface area contributed by atoms with Gasteiger partial charge in [-0.25, -0.2) is 4.98 Å². The predicted molar refractivity (Wildman–Crippen MR) is 86.3 cm³/mol. The highest BCUT2D eigenvalue weighted by Crippen LogP contribution is 2.23. The number of nitrogens with zero attached hydrogens (tertiary/aromatic N) is 5. The molecular formula is C16H20N6O. The Labute approximate surface area is 134 Å². The number of imidazole rings is 1. The smallest absolute Gasteiger partial charge is 0.303 e. The highest BCUT2D eigenvalue weighted by molar-refractivity contribution is 5.62. The first kappa shape index (κ1) is 14.2. The van der Waals surface area contributed by atoms with E-state index in [-0.39, 0.29) is 6.10 Å². The van der Waals surface area contributed by atoms with E-state index in [0.29, 0.717) is 6.01 Å². The normalized spacial score (nSPS) is 18.9. The van der Waals surface area contributed by atoms with E-state index in [2.05, 4.69) is 15.4 Å². The van der Waals surface area contributed by atoms with Gasteiger partial charge in [0.1, 0.15) is 11.8 Å². The van der Waals surface area contributed by atoms with E-state index in [1.54, 1.807) is 17.1 Å². The molecule has 4 heterocycles. The third kappa shape index (κ3) is 2.92. The van der Waals surface area contributed by atoms with Crippen molar-refractivity contribution in [3.63, 3.8) is 0 Å². The van der Waals surface area contributed by atoms with Crippen LogP contribution in [0.3, 0.4) is 0 Å². The van der Waals surface area contributed by atoms with Crippen LogP contribution < -0.4 is 10.1 Å². The van der Waals surface area contributed by atoms with E-state index in [0.717, 1.165) is 49.3 Å². The van der Waals surface area contributed by atoms with Gasteiger partial charge in [-0.1, -0.05) is 0 Å². The Bertz CT molecular complexity index is 800. The highest BCUT2D eigenvalue weighted by Gasteiger charge is 2.17. The van der Waals surface area contributed by atoms with Crippen LogP contribution in [0.2, 0.25) is 0 Å². The molecule has 7 nitrogen and oxygen atoms in total. The first-order valence-electron chi connectivity index (χ1n) is 8.00. The Morgan fingerprint density at radius 2 is 2.26 bits per heavy atom. The number of nitrogens with one attached hydrogen (secondary N) is 1. The molecule has 0 aromatic carbocycles. The Hall–Kier alpha value is -2.41. The number of aryl methyl sites for hydroxylation is 1.